The largest absolute Gasteiger partial charge is 0.466 e. The Kier molecular flexibility index (Phi) is 3.29. The average Bonchev–Trinajstić information content (AvgIpc) is 2.59. The van der Waals surface area contributed by atoms with Crippen LogP contribution in [0.2, 0.25) is 0 Å². The number of fused-ring (bicyclic) bond motifs is 1. The molecule has 1 N–H and O–H groups in total. The SMILES string of the molecule is CCOC(=O)Cc1cc2ccc(Br)cc2[nH]1. The number of carbonyl (C=O) groups excluding carboxylic acids is 1. The lowest BCUT2D eigenvalue weighted by Crippen LogP contribution is -2.07. The second kappa shape index (κ2) is 4.70. The van der Waals surface area contributed by atoms with Crippen LogP contribution in [0.25, 0.3) is 10.9 Å². The normalized spacial score (nSPS) is 10.6. The molecule has 0 aliphatic carbocycles. The maximum atomic E-state index is 11.3. The lowest BCUT2D eigenvalue weighted by atomic mass is 10.2. The smallest absolute Gasteiger partial charge is 0.311 e. The molecule has 0 amide bonds. The molecule has 0 fully saturated rings. The first-order valence-electron chi connectivity index (χ1n) is 5.12. The summed E-state index contributed by atoms with van der Waals surface area (Å²) in [5, 5.41) is 1.10. The lowest BCUT2D eigenvalue weighted by Gasteiger charge is -1.98. The van der Waals surface area contributed by atoms with Gasteiger partial charge in [-0.25, -0.2) is 0 Å². The van der Waals surface area contributed by atoms with Crippen LogP contribution in [0.1, 0.15) is 12.6 Å². The molecule has 0 saturated carbocycles. The minimum absolute atomic E-state index is 0.201. The zero-order valence-corrected chi connectivity index (χ0v) is 10.5. The Bertz CT molecular complexity index is 519. The maximum absolute atomic E-state index is 11.3. The highest BCUT2D eigenvalue weighted by Gasteiger charge is 2.07. The van der Waals surface area contributed by atoms with Crippen LogP contribution in [-0.2, 0) is 16.0 Å². The summed E-state index contributed by atoms with van der Waals surface area (Å²) >= 11 is 3.41. The summed E-state index contributed by atoms with van der Waals surface area (Å²) in [6.45, 7) is 2.23. The fourth-order valence-corrected chi connectivity index (χ4v) is 1.98. The number of aromatic amines is 1. The van der Waals surface area contributed by atoms with Crippen LogP contribution in [0, 0.1) is 0 Å². The fraction of sp³-hybridized carbons (Fsp3) is 0.250. The van der Waals surface area contributed by atoms with Crippen molar-refractivity contribution < 1.29 is 9.53 Å². The highest BCUT2D eigenvalue weighted by molar-refractivity contribution is 9.10. The standard InChI is InChI=1S/C12H12BrNO2/c1-2-16-12(15)7-10-5-8-3-4-9(13)6-11(8)14-10/h3-6,14H,2,7H2,1H3. The summed E-state index contributed by atoms with van der Waals surface area (Å²) < 4.78 is 5.92. The third-order valence-electron chi connectivity index (χ3n) is 2.28. The molecule has 0 saturated heterocycles. The van der Waals surface area contributed by atoms with E-state index in [1.54, 1.807) is 6.92 Å². The Morgan fingerprint density at radius 1 is 1.44 bits per heavy atom. The van der Waals surface area contributed by atoms with Gasteiger partial charge in [0.05, 0.1) is 13.0 Å². The number of ether oxygens (including phenoxy) is 1. The number of esters is 1. The van der Waals surface area contributed by atoms with E-state index in [-0.39, 0.29) is 5.97 Å². The Hall–Kier alpha value is -1.29. The Labute approximate surface area is 102 Å². The molecule has 4 heteroatoms. The molecule has 0 bridgehead atoms. The first-order chi connectivity index (χ1) is 7.69. The molecule has 0 radical (unpaired) electrons. The number of aromatic nitrogens is 1. The number of H-pyrrole nitrogens is 1. The van der Waals surface area contributed by atoms with E-state index in [2.05, 4.69) is 20.9 Å². The number of halogens is 1. The quantitative estimate of drug-likeness (QED) is 0.879. The van der Waals surface area contributed by atoms with Gasteiger partial charge in [-0.1, -0.05) is 22.0 Å². The van der Waals surface area contributed by atoms with Crippen LogP contribution in [-0.4, -0.2) is 17.6 Å². The minimum atomic E-state index is -0.201. The monoisotopic (exact) mass is 281 g/mol. The number of carbonyl (C=O) groups is 1. The van der Waals surface area contributed by atoms with Crippen LogP contribution in [0.4, 0.5) is 0 Å². The topological polar surface area (TPSA) is 42.1 Å². The highest BCUT2D eigenvalue weighted by atomic mass is 79.9. The van der Waals surface area contributed by atoms with Crippen molar-refractivity contribution in [3.63, 3.8) is 0 Å². The third-order valence-corrected chi connectivity index (χ3v) is 2.77. The van der Waals surface area contributed by atoms with Crippen molar-refractivity contribution in [3.05, 3.63) is 34.4 Å². The fourth-order valence-electron chi connectivity index (χ4n) is 1.62. The Morgan fingerprint density at radius 2 is 2.25 bits per heavy atom. The summed E-state index contributed by atoms with van der Waals surface area (Å²) in [6.07, 6.45) is 0.292. The van der Waals surface area contributed by atoms with Crippen LogP contribution >= 0.6 is 15.9 Å². The maximum Gasteiger partial charge on any atom is 0.311 e. The van der Waals surface area contributed by atoms with E-state index in [0.717, 1.165) is 21.1 Å². The zero-order valence-electron chi connectivity index (χ0n) is 8.92. The van der Waals surface area contributed by atoms with Gasteiger partial charge >= 0.3 is 5.97 Å². The predicted molar refractivity (Wildman–Crippen MR) is 66.3 cm³/mol. The minimum Gasteiger partial charge on any atom is -0.466 e. The number of nitrogens with one attached hydrogen (secondary N) is 1. The molecule has 0 aliphatic rings. The lowest BCUT2D eigenvalue weighted by molar-refractivity contribution is -0.142. The van der Waals surface area contributed by atoms with Crippen molar-refractivity contribution in [1.82, 2.24) is 4.98 Å². The van der Waals surface area contributed by atoms with E-state index in [4.69, 9.17) is 4.74 Å². The molecule has 3 nitrogen and oxygen atoms in total. The summed E-state index contributed by atoms with van der Waals surface area (Å²) in [4.78, 5) is 14.5. The summed E-state index contributed by atoms with van der Waals surface area (Å²) in [5.74, 6) is -0.201. The second-order valence-corrected chi connectivity index (χ2v) is 4.42. The van der Waals surface area contributed by atoms with Crippen molar-refractivity contribution >= 4 is 32.8 Å². The van der Waals surface area contributed by atoms with Gasteiger partial charge < -0.3 is 9.72 Å². The van der Waals surface area contributed by atoms with Gasteiger partial charge in [-0.05, 0) is 30.5 Å². The van der Waals surface area contributed by atoms with Crippen molar-refractivity contribution in [2.24, 2.45) is 0 Å². The van der Waals surface area contributed by atoms with E-state index < -0.39 is 0 Å². The van der Waals surface area contributed by atoms with Gasteiger partial charge in [-0.15, -0.1) is 0 Å². The first-order valence-corrected chi connectivity index (χ1v) is 5.91. The van der Waals surface area contributed by atoms with Gasteiger partial charge in [-0.2, -0.15) is 0 Å². The number of hydrogen-bond donors (Lipinski definition) is 1. The van der Waals surface area contributed by atoms with Crippen LogP contribution in [0.5, 0.6) is 0 Å². The molecule has 2 aromatic rings. The molecular formula is C12H12BrNO2. The van der Waals surface area contributed by atoms with E-state index in [1.807, 2.05) is 24.3 Å². The third kappa shape index (κ3) is 2.44. The van der Waals surface area contributed by atoms with E-state index >= 15 is 0 Å². The van der Waals surface area contributed by atoms with Crippen molar-refractivity contribution in [2.75, 3.05) is 6.61 Å². The van der Waals surface area contributed by atoms with Gasteiger partial charge in [0.25, 0.3) is 0 Å². The highest BCUT2D eigenvalue weighted by Crippen LogP contribution is 2.20. The molecule has 2 rings (SSSR count). The second-order valence-electron chi connectivity index (χ2n) is 3.51. The van der Waals surface area contributed by atoms with Gasteiger partial charge in [0.15, 0.2) is 0 Å². The van der Waals surface area contributed by atoms with Crippen LogP contribution in [0.15, 0.2) is 28.7 Å². The summed E-state index contributed by atoms with van der Waals surface area (Å²) in [6, 6.07) is 7.94. The number of benzene rings is 1. The molecule has 1 aromatic heterocycles. The molecule has 1 heterocycles. The van der Waals surface area contributed by atoms with Crippen LogP contribution < -0.4 is 0 Å². The summed E-state index contributed by atoms with van der Waals surface area (Å²) in [5.41, 5.74) is 1.90. The molecule has 84 valence electrons. The molecule has 0 atom stereocenters. The Balaban J connectivity index is 2.23. The van der Waals surface area contributed by atoms with Crippen molar-refractivity contribution in [1.29, 1.82) is 0 Å². The van der Waals surface area contributed by atoms with Gasteiger partial charge in [0.1, 0.15) is 0 Å². The zero-order chi connectivity index (χ0) is 11.5. The summed E-state index contributed by atoms with van der Waals surface area (Å²) in [7, 11) is 0. The number of rotatable bonds is 3. The van der Waals surface area contributed by atoms with Crippen LogP contribution in [0.3, 0.4) is 0 Å². The molecule has 0 spiro atoms. The van der Waals surface area contributed by atoms with E-state index in [0.29, 0.717) is 13.0 Å². The van der Waals surface area contributed by atoms with Crippen molar-refractivity contribution in [3.8, 4) is 0 Å². The molecule has 16 heavy (non-hydrogen) atoms. The van der Waals surface area contributed by atoms with Crippen molar-refractivity contribution in [2.45, 2.75) is 13.3 Å². The van der Waals surface area contributed by atoms with Gasteiger partial charge in [0, 0.05) is 15.7 Å². The average molecular weight is 282 g/mol. The van der Waals surface area contributed by atoms with Gasteiger partial charge in [0.2, 0.25) is 0 Å². The first kappa shape index (κ1) is 11.2. The Morgan fingerprint density at radius 3 is 3.00 bits per heavy atom. The van der Waals surface area contributed by atoms with E-state index in [9.17, 15) is 4.79 Å². The molecule has 0 aliphatic heterocycles. The van der Waals surface area contributed by atoms with E-state index in [1.165, 1.54) is 0 Å². The molecular weight excluding hydrogens is 270 g/mol. The van der Waals surface area contributed by atoms with Gasteiger partial charge in [-0.3, -0.25) is 4.79 Å². The molecule has 0 unspecified atom stereocenters. The predicted octanol–water partition coefficient (Wildman–Crippen LogP) is 3.04. The number of hydrogen-bond acceptors (Lipinski definition) is 2. The molecule has 1 aromatic carbocycles.